The Balaban J connectivity index is 1.94. The van der Waals surface area contributed by atoms with Crippen molar-refractivity contribution in [1.29, 1.82) is 0 Å². The second-order valence-corrected chi connectivity index (χ2v) is 7.99. The maximum absolute atomic E-state index is 12.1. The molecule has 0 unspecified atom stereocenters. The number of hydrogen-bond acceptors (Lipinski definition) is 4. The standard InChI is InChI=1S/C19H30N2O3/c1-18(2,3)24-17(22)21-12-10-14(11-13-21)20-16-9-7-6-8-15(16)19(4,5)23/h6-9,14,20,23H,10-13H2,1-5H3. The molecule has 1 heterocycles. The summed E-state index contributed by atoms with van der Waals surface area (Å²) in [6.07, 6.45) is 1.48. The van der Waals surface area contributed by atoms with Crippen LogP contribution in [0.4, 0.5) is 10.5 Å². The molecule has 2 N–H and O–H groups in total. The van der Waals surface area contributed by atoms with Crippen LogP contribution in [-0.4, -0.2) is 40.8 Å². The molecule has 1 aromatic carbocycles. The number of carbonyl (C=O) groups is 1. The molecule has 1 amide bonds. The van der Waals surface area contributed by atoms with Gasteiger partial charge in [-0.05, 0) is 53.5 Å². The maximum atomic E-state index is 12.1. The lowest BCUT2D eigenvalue weighted by Gasteiger charge is -2.35. The van der Waals surface area contributed by atoms with Gasteiger partial charge < -0.3 is 20.1 Å². The van der Waals surface area contributed by atoms with Crippen molar-refractivity contribution in [3.05, 3.63) is 29.8 Å². The minimum atomic E-state index is -0.888. The minimum absolute atomic E-state index is 0.238. The summed E-state index contributed by atoms with van der Waals surface area (Å²) in [5.74, 6) is 0. The zero-order valence-electron chi connectivity index (χ0n) is 15.4. The third kappa shape index (κ3) is 5.13. The van der Waals surface area contributed by atoms with Crippen LogP contribution >= 0.6 is 0 Å². The number of nitrogens with one attached hydrogen (secondary N) is 1. The Morgan fingerprint density at radius 1 is 1.17 bits per heavy atom. The van der Waals surface area contributed by atoms with E-state index in [9.17, 15) is 9.90 Å². The topological polar surface area (TPSA) is 61.8 Å². The highest BCUT2D eigenvalue weighted by Gasteiger charge is 2.28. The summed E-state index contributed by atoms with van der Waals surface area (Å²) in [7, 11) is 0. The highest BCUT2D eigenvalue weighted by Crippen LogP contribution is 2.29. The molecule has 0 bridgehead atoms. The Morgan fingerprint density at radius 3 is 2.29 bits per heavy atom. The van der Waals surface area contributed by atoms with Gasteiger partial charge in [-0.3, -0.25) is 0 Å². The van der Waals surface area contributed by atoms with Crippen LogP contribution in [0.25, 0.3) is 0 Å². The van der Waals surface area contributed by atoms with E-state index in [1.54, 1.807) is 18.7 Å². The molecule has 1 aliphatic heterocycles. The van der Waals surface area contributed by atoms with Crippen molar-refractivity contribution >= 4 is 11.8 Å². The van der Waals surface area contributed by atoms with E-state index >= 15 is 0 Å². The van der Waals surface area contributed by atoms with Gasteiger partial charge in [0, 0.05) is 30.4 Å². The fourth-order valence-corrected chi connectivity index (χ4v) is 2.90. The van der Waals surface area contributed by atoms with Crippen LogP contribution in [0, 0.1) is 0 Å². The van der Waals surface area contributed by atoms with Gasteiger partial charge in [-0.25, -0.2) is 4.79 Å². The van der Waals surface area contributed by atoms with Crippen LogP contribution in [0.3, 0.4) is 0 Å². The van der Waals surface area contributed by atoms with Crippen LogP contribution in [0.15, 0.2) is 24.3 Å². The average molecular weight is 334 g/mol. The van der Waals surface area contributed by atoms with Crippen LogP contribution in [0.2, 0.25) is 0 Å². The summed E-state index contributed by atoms with van der Waals surface area (Å²) >= 11 is 0. The van der Waals surface area contributed by atoms with Crippen LogP contribution in [0.1, 0.15) is 53.0 Å². The van der Waals surface area contributed by atoms with Crippen molar-refractivity contribution in [2.75, 3.05) is 18.4 Å². The summed E-state index contributed by atoms with van der Waals surface area (Å²) in [5, 5.41) is 13.8. The molecule has 2 rings (SSSR count). The van der Waals surface area contributed by atoms with Crippen molar-refractivity contribution in [1.82, 2.24) is 4.90 Å². The molecule has 24 heavy (non-hydrogen) atoms. The molecule has 1 fully saturated rings. The van der Waals surface area contributed by atoms with Crippen molar-refractivity contribution in [3.63, 3.8) is 0 Å². The van der Waals surface area contributed by atoms with Gasteiger partial charge in [0.1, 0.15) is 5.60 Å². The summed E-state index contributed by atoms with van der Waals surface area (Å²) in [6, 6.07) is 8.12. The van der Waals surface area contributed by atoms with Gasteiger partial charge in [-0.2, -0.15) is 0 Å². The van der Waals surface area contributed by atoms with Crippen LogP contribution in [0.5, 0.6) is 0 Å². The lowest BCUT2D eigenvalue weighted by atomic mass is 9.95. The average Bonchev–Trinajstić information content (AvgIpc) is 2.45. The van der Waals surface area contributed by atoms with Crippen molar-refractivity contribution in [3.8, 4) is 0 Å². The van der Waals surface area contributed by atoms with E-state index < -0.39 is 11.2 Å². The Hall–Kier alpha value is -1.75. The van der Waals surface area contributed by atoms with Gasteiger partial charge in [0.2, 0.25) is 0 Å². The summed E-state index contributed by atoms with van der Waals surface area (Å²) in [6.45, 7) is 10.6. The number of rotatable bonds is 3. The number of benzene rings is 1. The number of ether oxygens (including phenoxy) is 1. The molecular weight excluding hydrogens is 304 g/mol. The number of anilines is 1. The molecule has 1 saturated heterocycles. The van der Waals surface area contributed by atoms with E-state index in [2.05, 4.69) is 5.32 Å². The molecule has 0 spiro atoms. The predicted octanol–water partition coefficient (Wildman–Crippen LogP) is 3.73. The van der Waals surface area contributed by atoms with Gasteiger partial charge in [0.25, 0.3) is 0 Å². The van der Waals surface area contributed by atoms with E-state index in [0.29, 0.717) is 13.1 Å². The third-order valence-corrected chi connectivity index (χ3v) is 4.09. The smallest absolute Gasteiger partial charge is 0.410 e. The van der Waals surface area contributed by atoms with E-state index in [-0.39, 0.29) is 12.1 Å². The van der Waals surface area contributed by atoms with Crippen molar-refractivity contribution < 1.29 is 14.6 Å². The van der Waals surface area contributed by atoms with Gasteiger partial charge in [0.05, 0.1) is 5.60 Å². The first-order valence-electron chi connectivity index (χ1n) is 8.62. The highest BCUT2D eigenvalue weighted by molar-refractivity contribution is 5.68. The summed E-state index contributed by atoms with van der Waals surface area (Å²) in [5.41, 5.74) is 0.499. The highest BCUT2D eigenvalue weighted by atomic mass is 16.6. The molecular formula is C19H30N2O3. The number of para-hydroxylation sites is 1. The fourth-order valence-electron chi connectivity index (χ4n) is 2.90. The number of hydrogen-bond donors (Lipinski definition) is 2. The molecule has 1 aromatic rings. The zero-order chi connectivity index (χ0) is 18.0. The predicted molar refractivity (Wildman–Crippen MR) is 96.1 cm³/mol. The number of likely N-dealkylation sites (tertiary alicyclic amines) is 1. The van der Waals surface area contributed by atoms with E-state index in [1.165, 1.54) is 0 Å². The van der Waals surface area contributed by atoms with Gasteiger partial charge in [-0.15, -0.1) is 0 Å². The first-order valence-corrected chi connectivity index (χ1v) is 8.62. The molecule has 5 nitrogen and oxygen atoms in total. The molecule has 0 atom stereocenters. The van der Waals surface area contributed by atoms with Gasteiger partial charge in [-0.1, -0.05) is 18.2 Å². The number of piperidine rings is 1. The van der Waals surface area contributed by atoms with Crippen LogP contribution < -0.4 is 5.32 Å². The number of carbonyl (C=O) groups excluding carboxylic acids is 1. The second-order valence-electron chi connectivity index (χ2n) is 7.99. The number of aliphatic hydroxyl groups is 1. The number of amides is 1. The third-order valence-electron chi connectivity index (χ3n) is 4.09. The Kier molecular flexibility index (Phi) is 5.43. The number of nitrogens with zero attached hydrogens (tertiary/aromatic N) is 1. The summed E-state index contributed by atoms with van der Waals surface area (Å²) < 4.78 is 5.43. The fraction of sp³-hybridized carbons (Fsp3) is 0.632. The minimum Gasteiger partial charge on any atom is -0.444 e. The second kappa shape index (κ2) is 7.01. The summed E-state index contributed by atoms with van der Waals surface area (Å²) in [4.78, 5) is 13.9. The lowest BCUT2D eigenvalue weighted by Crippen LogP contribution is -2.44. The SMILES string of the molecule is CC(C)(C)OC(=O)N1CCC(Nc2ccccc2C(C)(C)O)CC1. The normalized spacial score (nSPS) is 16.8. The Bertz CT molecular complexity index is 565. The molecule has 0 aromatic heterocycles. The van der Waals surface area contributed by atoms with Crippen molar-refractivity contribution in [2.45, 2.75) is 64.7 Å². The largest absolute Gasteiger partial charge is 0.444 e. The Labute approximate surface area is 145 Å². The molecule has 0 aliphatic carbocycles. The lowest BCUT2D eigenvalue weighted by molar-refractivity contribution is 0.0210. The molecule has 0 radical (unpaired) electrons. The quantitative estimate of drug-likeness (QED) is 0.884. The van der Waals surface area contributed by atoms with Crippen molar-refractivity contribution in [2.24, 2.45) is 0 Å². The van der Waals surface area contributed by atoms with E-state index in [0.717, 1.165) is 24.1 Å². The monoisotopic (exact) mass is 334 g/mol. The van der Waals surface area contributed by atoms with E-state index in [4.69, 9.17) is 4.74 Å². The molecule has 0 saturated carbocycles. The molecule has 134 valence electrons. The zero-order valence-corrected chi connectivity index (χ0v) is 15.4. The van der Waals surface area contributed by atoms with Gasteiger partial charge in [0.15, 0.2) is 0 Å². The Morgan fingerprint density at radius 2 is 1.75 bits per heavy atom. The molecule has 5 heteroatoms. The van der Waals surface area contributed by atoms with Crippen LogP contribution in [-0.2, 0) is 10.3 Å². The molecule has 1 aliphatic rings. The maximum Gasteiger partial charge on any atom is 0.410 e. The van der Waals surface area contributed by atoms with Gasteiger partial charge >= 0.3 is 6.09 Å². The van der Waals surface area contributed by atoms with E-state index in [1.807, 2.05) is 45.0 Å². The first kappa shape index (κ1) is 18.6. The first-order chi connectivity index (χ1) is 11.1.